The normalized spacial score (nSPS) is 21.5. The number of rotatable bonds is 5. The molecule has 0 aromatic heterocycles. The Hall–Kier alpha value is 0.440. The van der Waals surface area contributed by atoms with Crippen LogP contribution in [0.3, 0.4) is 0 Å². The first kappa shape index (κ1) is 10.5. The third-order valence-corrected chi connectivity index (χ3v) is 3.89. The van der Waals surface area contributed by atoms with Crippen LogP contribution < -0.4 is 0 Å². The molecule has 1 aliphatic carbocycles. The summed E-state index contributed by atoms with van der Waals surface area (Å²) in [5, 5.41) is 1.11. The van der Waals surface area contributed by atoms with Gasteiger partial charge in [0, 0.05) is 17.4 Å². The quantitative estimate of drug-likeness (QED) is 0.524. The van der Waals surface area contributed by atoms with Crippen LogP contribution in [-0.4, -0.2) is 18.5 Å². The first-order chi connectivity index (χ1) is 5.83. The van der Waals surface area contributed by atoms with Gasteiger partial charge >= 0.3 is 0 Å². The smallest absolute Gasteiger partial charge is 0.0530 e. The van der Waals surface area contributed by atoms with E-state index in [9.17, 15) is 0 Å². The maximum Gasteiger partial charge on any atom is 0.0530 e. The first-order valence-corrected chi connectivity index (χ1v) is 6.09. The molecule has 1 rings (SSSR count). The molecule has 0 aliphatic heterocycles. The van der Waals surface area contributed by atoms with Crippen molar-refractivity contribution in [2.24, 2.45) is 5.41 Å². The first-order valence-electron chi connectivity index (χ1n) is 4.97. The Kier molecular flexibility index (Phi) is 4.59. The predicted molar refractivity (Wildman–Crippen MR) is 55.8 cm³/mol. The van der Waals surface area contributed by atoms with Crippen molar-refractivity contribution in [2.45, 2.75) is 39.0 Å². The van der Waals surface area contributed by atoms with E-state index in [1.807, 2.05) is 0 Å². The molecule has 1 saturated carbocycles. The molecule has 0 unspecified atom stereocenters. The highest BCUT2D eigenvalue weighted by Crippen LogP contribution is 2.39. The Morgan fingerprint density at radius 1 is 1.33 bits per heavy atom. The van der Waals surface area contributed by atoms with Gasteiger partial charge in [0.2, 0.25) is 0 Å². The molecule has 0 bridgehead atoms. The van der Waals surface area contributed by atoms with Gasteiger partial charge in [0.05, 0.1) is 6.61 Å². The number of hydrogen-bond donors (Lipinski definition) is 0. The highest BCUT2D eigenvalue weighted by Gasteiger charge is 2.32. The molecule has 12 heavy (non-hydrogen) atoms. The van der Waals surface area contributed by atoms with Crippen molar-refractivity contribution in [2.75, 3.05) is 18.5 Å². The Morgan fingerprint density at radius 3 is 2.50 bits per heavy atom. The van der Waals surface area contributed by atoms with Gasteiger partial charge in [-0.2, -0.15) is 0 Å². The fraction of sp³-hybridized carbons (Fsp3) is 1.00. The molecule has 0 radical (unpaired) electrons. The molecule has 1 fully saturated rings. The molecule has 1 nitrogen and oxygen atoms in total. The number of alkyl halides is 1. The SMILES string of the molecule is CCCOCC1(CBr)CCCC1. The fourth-order valence-electron chi connectivity index (χ4n) is 1.87. The minimum atomic E-state index is 0.481. The van der Waals surface area contributed by atoms with E-state index < -0.39 is 0 Å². The van der Waals surface area contributed by atoms with Crippen LogP contribution in [0.15, 0.2) is 0 Å². The third-order valence-electron chi connectivity index (χ3n) is 2.70. The molecule has 0 amide bonds. The Bertz CT molecular complexity index is 119. The second-order valence-electron chi connectivity index (χ2n) is 3.89. The molecule has 0 saturated heterocycles. The van der Waals surface area contributed by atoms with Crippen LogP contribution >= 0.6 is 15.9 Å². The van der Waals surface area contributed by atoms with E-state index in [0.29, 0.717) is 5.41 Å². The van der Waals surface area contributed by atoms with E-state index in [0.717, 1.165) is 25.0 Å². The minimum absolute atomic E-state index is 0.481. The van der Waals surface area contributed by atoms with E-state index in [1.165, 1.54) is 25.7 Å². The molecule has 1 aliphatic rings. The summed E-state index contributed by atoms with van der Waals surface area (Å²) in [4.78, 5) is 0. The topological polar surface area (TPSA) is 9.23 Å². The van der Waals surface area contributed by atoms with Crippen LogP contribution in [0.5, 0.6) is 0 Å². The molecule has 0 heterocycles. The zero-order valence-electron chi connectivity index (χ0n) is 7.94. The lowest BCUT2D eigenvalue weighted by Gasteiger charge is -2.25. The highest BCUT2D eigenvalue weighted by molar-refractivity contribution is 9.09. The van der Waals surface area contributed by atoms with Crippen molar-refractivity contribution in [3.05, 3.63) is 0 Å². The molecular formula is C10H19BrO. The molecule has 72 valence electrons. The monoisotopic (exact) mass is 234 g/mol. The second kappa shape index (κ2) is 5.23. The summed E-state index contributed by atoms with van der Waals surface area (Å²) >= 11 is 3.61. The summed E-state index contributed by atoms with van der Waals surface area (Å²) in [7, 11) is 0. The molecule has 0 atom stereocenters. The predicted octanol–water partition coefficient (Wildman–Crippen LogP) is 3.37. The van der Waals surface area contributed by atoms with Crippen molar-refractivity contribution >= 4 is 15.9 Å². The zero-order valence-corrected chi connectivity index (χ0v) is 9.53. The van der Waals surface area contributed by atoms with Crippen LogP contribution in [-0.2, 0) is 4.74 Å². The van der Waals surface area contributed by atoms with Crippen LogP contribution in [0.4, 0.5) is 0 Å². The van der Waals surface area contributed by atoms with Crippen molar-refractivity contribution in [3.63, 3.8) is 0 Å². The molecule has 0 aromatic carbocycles. The van der Waals surface area contributed by atoms with Crippen molar-refractivity contribution in [3.8, 4) is 0 Å². The van der Waals surface area contributed by atoms with E-state index >= 15 is 0 Å². The van der Waals surface area contributed by atoms with Crippen LogP contribution in [0, 0.1) is 5.41 Å². The molecular weight excluding hydrogens is 216 g/mol. The minimum Gasteiger partial charge on any atom is -0.381 e. The lowest BCUT2D eigenvalue weighted by molar-refractivity contribution is 0.0599. The summed E-state index contributed by atoms with van der Waals surface area (Å²) in [5.41, 5.74) is 0.481. The van der Waals surface area contributed by atoms with E-state index in [2.05, 4.69) is 22.9 Å². The highest BCUT2D eigenvalue weighted by atomic mass is 79.9. The van der Waals surface area contributed by atoms with Gasteiger partial charge in [-0.15, -0.1) is 0 Å². The number of hydrogen-bond acceptors (Lipinski definition) is 1. The van der Waals surface area contributed by atoms with Crippen molar-refractivity contribution < 1.29 is 4.74 Å². The second-order valence-corrected chi connectivity index (χ2v) is 4.45. The summed E-state index contributed by atoms with van der Waals surface area (Å²) in [5.74, 6) is 0. The van der Waals surface area contributed by atoms with Crippen LogP contribution in [0.1, 0.15) is 39.0 Å². The maximum absolute atomic E-state index is 5.63. The Morgan fingerprint density at radius 2 is 2.00 bits per heavy atom. The molecule has 0 spiro atoms. The van der Waals surface area contributed by atoms with E-state index in [-0.39, 0.29) is 0 Å². The summed E-state index contributed by atoms with van der Waals surface area (Å²) in [6.45, 7) is 4.05. The molecule has 0 aromatic rings. The average molecular weight is 235 g/mol. The van der Waals surface area contributed by atoms with Crippen molar-refractivity contribution in [1.82, 2.24) is 0 Å². The van der Waals surface area contributed by atoms with Crippen LogP contribution in [0.2, 0.25) is 0 Å². The lowest BCUT2D eigenvalue weighted by atomic mass is 9.90. The van der Waals surface area contributed by atoms with Crippen molar-refractivity contribution in [1.29, 1.82) is 0 Å². The van der Waals surface area contributed by atoms with Gasteiger partial charge in [-0.25, -0.2) is 0 Å². The largest absolute Gasteiger partial charge is 0.381 e. The van der Waals surface area contributed by atoms with Gasteiger partial charge in [0.25, 0.3) is 0 Å². The maximum atomic E-state index is 5.63. The average Bonchev–Trinajstić information content (AvgIpc) is 2.55. The Labute approximate surface area is 84.0 Å². The summed E-state index contributed by atoms with van der Waals surface area (Å²) in [6.07, 6.45) is 6.62. The van der Waals surface area contributed by atoms with Gasteiger partial charge in [-0.05, 0) is 19.3 Å². The van der Waals surface area contributed by atoms with Gasteiger partial charge in [-0.3, -0.25) is 0 Å². The lowest BCUT2D eigenvalue weighted by Crippen LogP contribution is -2.25. The third kappa shape index (κ3) is 2.74. The fourth-order valence-corrected chi connectivity index (χ4v) is 2.60. The zero-order chi connectivity index (χ0) is 8.86. The van der Waals surface area contributed by atoms with Crippen LogP contribution in [0.25, 0.3) is 0 Å². The summed E-state index contributed by atoms with van der Waals surface area (Å²) in [6, 6.07) is 0. The van der Waals surface area contributed by atoms with Gasteiger partial charge in [0.1, 0.15) is 0 Å². The molecule has 0 N–H and O–H groups in total. The number of halogens is 1. The standard InChI is InChI=1S/C10H19BrO/c1-2-7-12-9-10(8-11)5-3-4-6-10/h2-9H2,1H3. The van der Waals surface area contributed by atoms with E-state index in [4.69, 9.17) is 4.74 Å². The van der Waals surface area contributed by atoms with Gasteiger partial charge in [0.15, 0.2) is 0 Å². The van der Waals surface area contributed by atoms with Gasteiger partial charge in [-0.1, -0.05) is 35.7 Å². The molecule has 2 heteroatoms. The van der Waals surface area contributed by atoms with E-state index in [1.54, 1.807) is 0 Å². The number of ether oxygens (including phenoxy) is 1. The summed E-state index contributed by atoms with van der Waals surface area (Å²) < 4.78 is 5.63. The Balaban J connectivity index is 2.24. The van der Waals surface area contributed by atoms with Gasteiger partial charge < -0.3 is 4.74 Å².